The maximum Gasteiger partial charge on any atom is 0.254 e. The summed E-state index contributed by atoms with van der Waals surface area (Å²) in [4.78, 5) is 26.6. The number of morpholine rings is 1. The quantitative estimate of drug-likeness (QED) is 0.835. The molecule has 1 fully saturated rings. The smallest absolute Gasteiger partial charge is 0.254 e. The highest BCUT2D eigenvalue weighted by atomic mass is 16.5. The fraction of sp³-hybridized carbons (Fsp3) is 0.364. The summed E-state index contributed by atoms with van der Waals surface area (Å²) in [5, 5.41) is 6.08. The first-order chi connectivity index (χ1) is 13.4. The van der Waals surface area contributed by atoms with Gasteiger partial charge in [0.1, 0.15) is 0 Å². The maximum absolute atomic E-state index is 12.5. The maximum atomic E-state index is 12.5. The number of nitrogens with zero attached hydrogens (tertiary/aromatic N) is 1. The van der Waals surface area contributed by atoms with Gasteiger partial charge in [-0.05, 0) is 56.2 Å². The third kappa shape index (κ3) is 4.89. The molecular weight excluding hydrogens is 354 g/mol. The Labute approximate surface area is 165 Å². The van der Waals surface area contributed by atoms with Crippen molar-refractivity contribution >= 4 is 23.2 Å². The van der Waals surface area contributed by atoms with Crippen molar-refractivity contribution in [1.82, 2.24) is 4.90 Å². The lowest BCUT2D eigenvalue weighted by Crippen LogP contribution is -2.40. The molecule has 148 valence electrons. The van der Waals surface area contributed by atoms with Crippen LogP contribution in [0.3, 0.4) is 0 Å². The summed E-state index contributed by atoms with van der Waals surface area (Å²) in [6.07, 6.45) is 0. The van der Waals surface area contributed by atoms with Crippen molar-refractivity contribution in [3.05, 3.63) is 58.7 Å². The molecule has 0 unspecified atom stereocenters. The summed E-state index contributed by atoms with van der Waals surface area (Å²) in [6.45, 7) is 8.60. The molecule has 0 atom stereocenters. The van der Waals surface area contributed by atoms with Crippen LogP contribution in [0.5, 0.6) is 0 Å². The summed E-state index contributed by atoms with van der Waals surface area (Å²) >= 11 is 0. The highest BCUT2D eigenvalue weighted by molar-refractivity contribution is 5.96. The molecule has 0 aliphatic carbocycles. The van der Waals surface area contributed by atoms with Gasteiger partial charge in [0.2, 0.25) is 5.91 Å². The summed E-state index contributed by atoms with van der Waals surface area (Å²) in [5.74, 6) is -0.0959. The van der Waals surface area contributed by atoms with Crippen molar-refractivity contribution in [1.29, 1.82) is 0 Å². The number of carbonyl (C=O) groups is 2. The van der Waals surface area contributed by atoms with Crippen LogP contribution in [0, 0.1) is 20.8 Å². The predicted octanol–water partition coefficient (Wildman–Crippen LogP) is 3.13. The lowest BCUT2D eigenvalue weighted by Gasteiger charge is -2.26. The lowest BCUT2D eigenvalue weighted by atomic mass is 10.1. The molecule has 1 aliphatic rings. The van der Waals surface area contributed by atoms with Crippen molar-refractivity contribution in [2.24, 2.45) is 0 Å². The van der Waals surface area contributed by atoms with E-state index in [-0.39, 0.29) is 18.4 Å². The number of hydrogen-bond acceptors (Lipinski definition) is 4. The molecule has 2 N–H and O–H groups in total. The Morgan fingerprint density at radius 3 is 2.21 bits per heavy atom. The SMILES string of the molecule is Cc1cc(C)c(NC(=O)CNc2ccc(C(=O)N3CCOCC3)cc2)c(C)c1. The number of benzene rings is 2. The zero-order chi connectivity index (χ0) is 20.1. The molecule has 1 aliphatic heterocycles. The Kier molecular flexibility index (Phi) is 6.31. The number of ether oxygens (including phenoxy) is 1. The Morgan fingerprint density at radius 2 is 1.61 bits per heavy atom. The van der Waals surface area contributed by atoms with E-state index in [1.54, 1.807) is 17.0 Å². The second-order valence-electron chi connectivity index (χ2n) is 7.16. The van der Waals surface area contributed by atoms with E-state index in [2.05, 4.69) is 22.8 Å². The van der Waals surface area contributed by atoms with Crippen LogP contribution in [-0.2, 0) is 9.53 Å². The minimum Gasteiger partial charge on any atom is -0.378 e. The van der Waals surface area contributed by atoms with Crippen LogP contribution < -0.4 is 10.6 Å². The van der Waals surface area contributed by atoms with Gasteiger partial charge >= 0.3 is 0 Å². The number of rotatable bonds is 5. The van der Waals surface area contributed by atoms with Crippen molar-refractivity contribution in [2.75, 3.05) is 43.5 Å². The highest BCUT2D eigenvalue weighted by Gasteiger charge is 2.18. The molecule has 0 radical (unpaired) electrons. The Balaban J connectivity index is 1.54. The molecule has 2 aromatic carbocycles. The molecule has 28 heavy (non-hydrogen) atoms. The van der Waals surface area contributed by atoms with Crippen LogP contribution in [0.1, 0.15) is 27.0 Å². The molecule has 1 saturated heterocycles. The van der Waals surface area contributed by atoms with E-state index in [1.807, 2.05) is 32.9 Å². The van der Waals surface area contributed by atoms with Crippen LogP contribution in [0.2, 0.25) is 0 Å². The molecule has 0 spiro atoms. The Bertz CT molecular complexity index is 833. The average molecular weight is 381 g/mol. The molecule has 2 amide bonds. The van der Waals surface area contributed by atoms with Gasteiger partial charge in [0.15, 0.2) is 0 Å². The zero-order valence-electron chi connectivity index (χ0n) is 16.7. The van der Waals surface area contributed by atoms with Gasteiger partial charge in [-0.1, -0.05) is 17.7 Å². The normalized spacial score (nSPS) is 13.9. The van der Waals surface area contributed by atoms with E-state index in [9.17, 15) is 9.59 Å². The molecule has 3 rings (SSSR count). The second kappa shape index (κ2) is 8.89. The third-order valence-corrected chi connectivity index (χ3v) is 4.82. The fourth-order valence-corrected chi connectivity index (χ4v) is 3.42. The molecular formula is C22H27N3O3. The first-order valence-electron chi connectivity index (χ1n) is 9.52. The van der Waals surface area contributed by atoms with E-state index in [4.69, 9.17) is 4.74 Å². The summed E-state index contributed by atoms with van der Waals surface area (Å²) in [5.41, 5.74) is 5.59. The van der Waals surface area contributed by atoms with E-state index in [1.165, 1.54) is 5.56 Å². The minimum absolute atomic E-state index is 0.0120. The first-order valence-corrected chi connectivity index (χ1v) is 9.52. The predicted molar refractivity (Wildman–Crippen MR) is 111 cm³/mol. The Hall–Kier alpha value is -2.86. The fourth-order valence-electron chi connectivity index (χ4n) is 3.42. The van der Waals surface area contributed by atoms with Gasteiger partial charge in [-0.3, -0.25) is 9.59 Å². The highest BCUT2D eigenvalue weighted by Crippen LogP contribution is 2.22. The van der Waals surface area contributed by atoms with E-state index in [0.717, 1.165) is 22.5 Å². The topological polar surface area (TPSA) is 70.7 Å². The molecule has 6 heteroatoms. The second-order valence-corrected chi connectivity index (χ2v) is 7.16. The number of amides is 2. The van der Waals surface area contributed by atoms with Gasteiger partial charge in [-0.2, -0.15) is 0 Å². The van der Waals surface area contributed by atoms with E-state index in [0.29, 0.717) is 31.9 Å². The Morgan fingerprint density at radius 1 is 1.00 bits per heavy atom. The van der Waals surface area contributed by atoms with Crippen molar-refractivity contribution in [2.45, 2.75) is 20.8 Å². The number of nitrogens with one attached hydrogen (secondary N) is 2. The standard InChI is InChI=1S/C22H27N3O3/c1-15-12-16(2)21(17(3)13-15)24-20(26)14-23-19-6-4-18(5-7-19)22(27)25-8-10-28-11-9-25/h4-7,12-13,23H,8-11,14H2,1-3H3,(H,24,26). The van der Waals surface area contributed by atoms with Crippen molar-refractivity contribution in [3.8, 4) is 0 Å². The molecule has 6 nitrogen and oxygen atoms in total. The van der Waals surface area contributed by atoms with Crippen molar-refractivity contribution < 1.29 is 14.3 Å². The summed E-state index contributed by atoms with van der Waals surface area (Å²) in [6, 6.07) is 11.3. The van der Waals surface area contributed by atoms with Crippen LogP contribution in [0.25, 0.3) is 0 Å². The van der Waals surface area contributed by atoms with Gasteiger partial charge in [0.25, 0.3) is 5.91 Å². The van der Waals surface area contributed by atoms with Gasteiger partial charge in [0, 0.05) is 30.0 Å². The summed E-state index contributed by atoms with van der Waals surface area (Å²) in [7, 11) is 0. The largest absolute Gasteiger partial charge is 0.378 e. The van der Waals surface area contributed by atoms with Gasteiger partial charge in [-0.25, -0.2) is 0 Å². The lowest BCUT2D eigenvalue weighted by molar-refractivity contribution is -0.114. The van der Waals surface area contributed by atoms with Crippen LogP contribution in [-0.4, -0.2) is 49.6 Å². The van der Waals surface area contributed by atoms with Gasteiger partial charge in [0.05, 0.1) is 19.8 Å². The number of hydrogen-bond donors (Lipinski definition) is 2. The number of anilines is 2. The van der Waals surface area contributed by atoms with Gasteiger partial charge < -0.3 is 20.3 Å². The van der Waals surface area contributed by atoms with Crippen molar-refractivity contribution in [3.63, 3.8) is 0 Å². The molecule has 0 aromatic heterocycles. The third-order valence-electron chi connectivity index (χ3n) is 4.82. The first kappa shape index (κ1) is 19.9. The molecule has 0 saturated carbocycles. The van der Waals surface area contributed by atoms with Crippen LogP contribution in [0.15, 0.2) is 36.4 Å². The number of carbonyl (C=O) groups excluding carboxylic acids is 2. The van der Waals surface area contributed by atoms with E-state index < -0.39 is 0 Å². The van der Waals surface area contributed by atoms with Crippen LogP contribution >= 0.6 is 0 Å². The van der Waals surface area contributed by atoms with Gasteiger partial charge in [-0.15, -0.1) is 0 Å². The molecule has 1 heterocycles. The van der Waals surface area contributed by atoms with E-state index >= 15 is 0 Å². The molecule has 0 bridgehead atoms. The van der Waals surface area contributed by atoms with Crippen LogP contribution in [0.4, 0.5) is 11.4 Å². The minimum atomic E-state index is -0.108. The molecule has 2 aromatic rings. The number of aryl methyl sites for hydroxylation is 3. The summed E-state index contributed by atoms with van der Waals surface area (Å²) < 4.78 is 5.28. The average Bonchev–Trinajstić information content (AvgIpc) is 2.69. The zero-order valence-corrected chi connectivity index (χ0v) is 16.7. The monoisotopic (exact) mass is 381 g/mol.